The van der Waals surface area contributed by atoms with Gasteiger partial charge in [0.05, 0.1) is 0 Å². The molecule has 0 aromatic heterocycles. The number of allylic oxidation sites excluding steroid dienone is 4. The number of carbonyl (C=O) groups is 4. The fraction of sp³-hybridized carbons (Fsp3) is 0.652. The van der Waals surface area contributed by atoms with Gasteiger partial charge in [-0.25, -0.2) is 0 Å². The summed E-state index contributed by atoms with van der Waals surface area (Å²) >= 11 is 0. The van der Waals surface area contributed by atoms with Gasteiger partial charge in [-0.2, -0.15) is 0 Å². The second kappa shape index (κ2) is 6.46. The van der Waals surface area contributed by atoms with Gasteiger partial charge in [0, 0.05) is 30.1 Å². The lowest BCUT2D eigenvalue weighted by Gasteiger charge is -2.56. The molecule has 4 aliphatic rings. The largest absolute Gasteiger partial charge is 0.458 e. The molecule has 0 aliphatic heterocycles. The Labute approximate surface area is 170 Å². The fourth-order valence-corrected chi connectivity index (χ4v) is 6.78. The first-order valence-corrected chi connectivity index (χ1v) is 10.4. The molecule has 0 aromatic rings. The summed E-state index contributed by atoms with van der Waals surface area (Å²) in [5, 5.41) is 11.4. The van der Waals surface area contributed by atoms with E-state index in [1.165, 1.54) is 6.92 Å². The third kappa shape index (κ3) is 2.71. The first-order chi connectivity index (χ1) is 13.5. The van der Waals surface area contributed by atoms with E-state index in [2.05, 4.69) is 0 Å². The Balaban J connectivity index is 1.67. The van der Waals surface area contributed by atoms with Crippen LogP contribution >= 0.6 is 0 Å². The second-order valence-corrected chi connectivity index (χ2v) is 9.64. The van der Waals surface area contributed by atoms with Crippen molar-refractivity contribution in [1.29, 1.82) is 0 Å². The Morgan fingerprint density at radius 3 is 2.66 bits per heavy atom. The van der Waals surface area contributed by atoms with Crippen LogP contribution in [0, 0.1) is 28.6 Å². The highest BCUT2D eigenvalue weighted by Gasteiger charge is 2.68. The SMILES string of the molecule is CC(=O)OCC(=O)[C@]1(O)CC[C@H]2[C@@H]3CCC4=CC(=O)C=C[C@]4(C)[C@H]3C(=O)C[C@@]21C. The fourth-order valence-electron chi connectivity index (χ4n) is 6.78. The number of carbonyl (C=O) groups excluding carboxylic acids is 4. The molecular formula is C23H28O6. The van der Waals surface area contributed by atoms with Gasteiger partial charge in [0.15, 0.2) is 12.4 Å². The van der Waals surface area contributed by atoms with Crippen molar-refractivity contribution in [3.05, 3.63) is 23.8 Å². The van der Waals surface area contributed by atoms with E-state index in [4.69, 9.17) is 4.74 Å². The molecule has 0 radical (unpaired) electrons. The molecule has 3 saturated carbocycles. The normalized spacial score (nSPS) is 43.2. The van der Waals surface area contributed by atoms with Gasteiger partial charge >= 0.3 is 5.97 Å². The van der Waals surface area contributed by atoms with Crippen LogP contribution in [0.1, 0.15) is 52.9 Å². The van der Waals surface area contributed by atoms with Crippen LogP contribution < -0.4 is 0 Å². The van der Waals surface area contributed by atoms with Crippen molar-refractivity contribution in [1.82, 2.24) is 0 Å². The van der Waals surface area contributed by atoms with Crippen LogP contribution in [0.3, 0.4) is 0 Å². The maximum atomic E-state index is 13.4. The summed E-state index contributed by atoms with van der Waals surface area (Å²) in [6.45, 7) is 4.64. The van der Waals surface area contributed by atoms with Crippen LogP contribution in [0.4, 0.5) is 0 Å². The number of fused-ring (bicyclic) bond motifs is 5. The molecule has 156 valence electrons. The highest BCUT2D eigenvalue weighted by molar-refractivity contribution is 6.02. The molecule has 0 aromatic carbocycles. The van der Waals surface area contributed by atoms with E-state index in [0.717, 1.165) is 18.4 Å². The zero-order valence-electron chi connectivity index (χ0n) is 17.2. The van der Waals surface area contributed by atoms with Crippen molar-refractivity contribution in [2.45, 2.75) is 58.5 Å². The number of hydrogen-bond acceptors (Lipinski definition) is 6. The topological polar surface area (TPSA) is 97.7 Å². The Kier molecular flexibility index (Phi) is 4.50. The summed E-state index contributed by atoms with van der Waals surface area (Å²) in [5.74, 6) is -1.24. The van der Waals surface area contributed by atoms with Crippen LogP contribution in [0.15, 0.2) is 23.8 Å². The van der Waals surface area contributed by atoms with Gasteiger partial charge in [0.1, 0.15) is 11.4 Å². The average molecular weight is 400 g/mol. The highest BCUT2D eigenvalue weighted by Crippen LogP contribution is 2.66. The second-order valence-electron chi connectivity index (χ2n) is 9.64. The van der Waals surface area contributed by atoms with Gasteiger partial charge in [0.25, 0.3) is 0 Å². The first kappa shape index (κ1) is 20.2. The van der Waals surface area contributed by atoms with E-state index < -0.39 is 34.8 Å². The summed E-state index contributed by atoms with van der Waals surface area (Å²) in [7, 11) is 0. The Hall–Kier alpha value is -2.08. The molecule has 0 spiro atoms. The number of aliphatic hydroxyl groups is 1. The third-order valence-electron chi connectivity index (χ3n) is 8.28. The van der Waals surface area contributed by atoms with Crippen LogP contribution in [0.25, 0.3) is 0 Å². The van der Waals surface area contributed by atoms with Crippen molar-refractivity contribution in [2.75, 3.05) is 6.61 Å². The van der Waals surface area contributed by atoms with Crippen molar-refractivity contribution in [3.8, 4) is 0 Å². The van der Waals surface area contributed by atoms with Crippen molar-refractivity contribution < 1.29 is 29.0 Å². The highest BCUT2D eigenvalue weighted by atomic mass is 16.5. The van der Waals surface area contributed by atoms with E-state index in [0.29, 0.717) is 6.42 Å². The maximum absolute atomic E-state index is 13.4. The number of rotatable bonds is 3. The zero-order chi connectivity index (χ0) is 21.2. The molecule has 6 atom stereocenters. The first-order valence-electron chi connectivity index (χ1n) is 10.4. The lowest BCUT2D eigenvalue weighted by Crippen LogP contribution is -2.60. The summed E-state index contributed by atoms with van der Waals surface area (Å²) in [5.41, 5.74) is -1.99. The van der Waals surface area contributed by atoms with Crippen LogP contribution in [0.2, 0.25) is 0 Å². The number of ether oxygens (including phenoxy) is 1. The number of Topliss-reactive ketones (excluding diaryl/α,β-unsaturated/α-hetero) is 2. The zero-order valence-corrected chi connectivity index (χ0v) is 17.2. The Morgan fingerprint density at radius 2 is 1.97 bits per heavy atom. The quantitative estimate of drug-likeness (QED) is 0.730. The van der Waals surface area contributed by atoms with Crippen molar-refractivity contribution in [3.63, 3.8) is 0 Å². The smallest absolute Gasteiger partial charge is 0.303 e. The minimum Gasteiger partial charge on any atom is -0.458 e. The molecule has 6 heteroatoms. The van der Waals surface area contributed by atoms with E-state index in [9.17, 15) is 24.3 Å². The predicted octanol–water partition coefficient (Wildman–Crippen LogP) is 2.34. The lowest BCUT2D eigenvalue weighted by atomic mass is 9.46. The average Bonchev–Trinajstić information content (AvgIpc) is 2.91. The van der Waals surface area contributed by atoms with Gasteiger partial charge in [-0.15, -0.1) is 0 Å². The number of esters is 1. The van der Waals surface area contributed by atoms with Gasteiger partial charge < -0.3 is 9.84 Å². The molecule has 4 rings (SSSR count). The van der Waals surface area contributed by atoms with Crippen LogP contribution in [-0.4, -0.2) is 40.6 Å². The van der Waals surface area contributed by atoms with Gasteiger partial charge in [-0.1, -0.05) is 25.5 Å². The Bertz CT molecular complexity index is 869. The van der Waals surface area contributed by atoms with Crippen LogP contribution in [0.5, 0.6) is 0 Å². The summed E-state index contributed by atoms with van der Waals surface area (Å²) in [4.78, 5) is 49.2. The van der Waals surface area contributed by atoms with Gasteiger partial charge in [-0.3, -0.25) is 19.2 Å². The summed E-state index contributed by atoms with van der Waals surface area (Å²) < 4.78 is 4.85. The molecule has 0 unspecified atom stereocenters. The molecular weight excluding hydrogens is 372 g/mol. The summed E-state index contributed by atoms with van der Waals surface area (Å²) in [6.07, 6.45) is 7.68. The molecule has 3 fully saturated rings. The predicted molar refractivity (Wildman–Crippen MR) is 104 cm³/mol. The van der Waals surface area contributed by atoms with E-state index in [-0.39, 0.29) is 42.2 Å². The molecule has 0 amide bonds. The van der Waals surface area contributed by atoms with Crippen LogP contribution in [-0.2, 0) is 23.9 Å². The lowest BCUT2D eigenvalue weighted by molar-refractivity contribution is -0.172. The molecule has 6 nitrogen and oxygen atoms in total. The summed E-state index contributed by atoms with van der Waals surface area (Å²) in [6, 6.07) is 0. The Morgan fingerprint density at radius 1 is 1.24 bits per heavy atom. The minimum absolute atomic E-state index is 0.0286. The van der Waals surface area contributed by atoms with Crippen molar-refractivity contribution >= 4 is 23.3 Å². The molecule has 1 N–H and O–H groups in total. The van der Waals surface area contributed by atoms with E-state index in [1.807, 2.05) is 19.9 Å². The monoisotopic (exact) mass is 400 g/mol. The molecule has 29 heavy (non-hydrogen) atoms. The third-order valence-corrected chi connectivity index (χ3v) is 8.28. The minimum atomic E-state index is -1.66. The standard InChI is InChI=1S/C23H28O6/c1-13(24)29-12-19(27)23(28)9-7-17-16-5-4-14-10-15(25)6-8-21(14,2)20(16)18(26)11-22(17,23)3/h6,8,10,16-17,20,28H,4-5,7,9,11-12H2,1-3H3/t16-,17-,20+,21-,22-,23+/m0/s1. The van der Waals surface area contributed by atoms with E-state index >= 15 is 0 Å². The molecule has 0 saturated heterocycles. The van der Waals surface area contributed by atoms with E-state index in [1.54, 1.807) is 12.2 Å². The number of ketones is 3. The van der Waals surface area contributed by atoms with Crippen molar-refractivity contribution in [2.24, 2.45) is 28.6 Å². The van der Waals surface area contributed by atoms with Gasteiger partial charge in [-0.05, 0) is 49.7 Å². The molecule has 0 bridgehead atoms. The number of hydrogen-bond donors (Lipinski definition) is 1. The maximum Gasteiger partial charge on any atom is 0.303 e. The molecule has 0 heterocycles. The molecule has 4 aliphatic carbocycles. The van der Waals surface area contributed by atoms with Gasteiger partial charge in [0.2, 0.25) is 5.78 Å².